The van der Waals surface area contributed by atoms with Gasteiger partial charge >= 0.3 is 0 Å². The van der Waals surface area contributed by atoms with E-state index < -0.39 is 10.0 Å². The molecule has 8 heteroatoms. The molecule has 19 heavy (non-hydrogen) atoms. The van der Waals surface area contributed by atoms with E-state index >= 15 is 0 Å². The Kier molecular flexibility index (Phi) is 4.10. The fraction of sp³-hybridized carbons (Fsp3) is 0.0909. The van der Waals surface area contributed by atoms with Crippen LogP contribution in [-0.2, 0) is 10.0 Å². The minimum atomic E-state index is -3.63. The molecular weight excluding hydrogens is 372 g/mol. The maximum atomic E-state index is 12.2. The van der Waals surface area contributed by atoms with Crippen LogP contribution in [0.15, 0.2) is 32.3 Å². The van der Waals surface area contributed by atoms with Gasteiger partial charge in [0.25, 0.3) is 10.0 Å². The van der Waals surface area contributed by atoms with Crippen LogP contribution in [0.2, 0.25) is 5.02 Å². The third-order valence-corrected chi connectivity index (χ3v) is 6.78. The lowest BCUT2D eigenvalue weighted by Crippen LogP contribution is -2.13. The molecule has 0 amide bonds. The molecule has 0 atom stereocenters. The van der Waals surface area contributed by atoms with Crippen molar-refractivity contribution in [2.24, 2.45) is 0 Å². The Hall–Kier alpha value is -0.760. The van der Waals surface area contributed by atoms with Crippen molar-refractivity contribution < 1.29 is 8.42 Å². The number of halogens is 2. The van der Waals surface area contributed by atoms with Crippen LogP contribution in [0.1, 0.15) is 5.56 Å². The highest BCUT2D eigenvalue weighted by Gasteiger charge is 2.20. The summed E-state index contributed by atoms with van der Waals surface area (Å²) in [5.41, 5.74) is 7.20. The quantitative estimate of drug-likeness (QED) is 0.793. The van der Waals surface area contributed by atoms with Crippen molar-refractivity contribution in [3.8, 4) is 0 Å². The van der Waals surface area contributed by atoms with Crippen LogP contribution >= 0.6 is 38.9 Å². The van der Waals surface area contributed by atoms with Crippen LogP contribution in [-0.4, -0.2) is 8.42 Å². The summed E-state index contributed by atoms with van der Waals surface area (Å²) in [5.74, 6) is 0. The van der Waals surface area contributed by atoms with Crippen LogP contribution in [0, 0.1) is 6.92 Å². The van der Waals surface area contributed by atoms with Gasteiger partial charge in [-0.05, 0) is 52.0 Å². The summed E-state index contributed by atoms with van der Waals surface area (Å²) >= 11 is 10.2. The largest absolute Gasteiger partial charge is 0.398 e. The molecule has 0 saturated heterocycles. The molecule has 2 aromatic rings. The van der Waals surface area contributed by atoms with Crippen LogP contribution in [0.3, 0.4) is 0 Å². The molecule has 4 nitrogen and oxygen atoms in total. The van der Waals surface area contributed by atoms with Gasteiger partial charge in [0.1, 0.15) is 0 Å². The minimum Gasteiger partial charge on any atom is -0.398 e. The van der Waals surface area contributed by atoms with Crippen LogP contribution in [0.4, 0.5) is 11.4 Å². The van der Waals surface area contributed by atoms with E-state index in [0.717, 1.165) is 11.3 Å². The number of nitrogens with two attached hydrogens (primary N) is 1. The lowest BCUT2D eigenvalue weighted by molar-refractivity contribution is 0.603. The second kappa shape index (κ2) is 5.32. The molecule has 0 unspecified atom stereocenters. The summed E-state index contributed by atoms with van der Waals surface area (Å²) in [6, 6.07) is 4.82. The predicted molar refractivity (Wildman–Crippen MR) is 83.4 cm³/mol. The molecule has 0 aliphatic rings. The van der Waals surface area contributed by atoms with Gasteiger partial charge in [-0.1, -0.05) is 11.6 Å². The molecule has 0 radical (unpaired) electrons. The third kappa shape index (κ3) is 3.05. The highest BCUT2D eigenvalue weighted by molar-refractivity contribution is 9.10. The zero-order chi connectivity index (χ0) is 14.2. The second-order valence-electron chi connectivity index (χ2n) is 3.85. The smallest absolute Gasteiger partial charge is 0.272 e. The first kappa shape index (κ1) is 14.6. The maximum absolute atomic E-state index is 12.2. The number of thiophene rings is 1. The van der Waals surface area contributed by atoms with Gasteiger partial charge in [0.2, 0.25) is 0 Å². The van der Waals surface area contributed by atoms with Crippen molar-refractivity contribution in [2.75, 3.05) is 10.5 Å². The average Bonchev–Trinajstić information content (AvgIpc) is 2.73. The number of aryl methyl sites for hydroxylation is 1. The minimum absolute atomic E-state index is 0.222. The molecule has 1 aromatic carbocycles. The van der Waals surface area contributed by atoms with Gasteiger partial charge in [-0.3, -0.25) is 4.72 Å². The summed E-state index contributed by atoms with van der Waals surface area (Å²) in [7, 11) is -3.63. The van der Waals surface area contributed by atoms with Gasteiger partial charge in [-0.25, -0.2) is 8.42 Å². The first-order chi connectivity index (χ1) is 8.81. The van der Waals surface area contributed by atoms with E-state index in [-0.39, 0.29) is 4.21 Å². The lowest BCUT2D eigenvalue weighted by Gasteiger charge is -2.11. The number of hydrogen-bond acceptors (Lipinski definition) is 4. The van der Waals surface area contributed by atoms with Gasteiger partial charge in [-0.2, -0.15) is 0 Å². The number of anilines is 2. The Labute approximate surface area is 128 Å². The zero-order valence-electron chi connectivity index (χ0n) is 9.78. The molecule has 0 fully saturated rings. The van der Waals surface area contributed by atoms with Gasteiger partial charge in [0, 0.05) is 4.47 Å². The van der Waals surface area contributed by atoms with Gasteiger partial charge in [0.05, 0.1) is 16.4 Å². The fourth-order valence-corrected chi connectivity index (χ4v) is 5.10. The van der Waals surface area contributed by atoms with E-state index in [1.807, 2.05) is 0 Å². The van der Waals surface area contributed by atoms with Crippen LogP contribution < -0.4 is 10.5 Å². The van der Waals surface area contributed by atoms with Crippen molar-refractivity contribution in [1.82, 2.24) is 0 Å². The first-order valence-corrected chi connectivity index (χ1v) is 8.66. The Bertz CT molecular complexity index is 728. The van der Waals surface area contributed by atoms with Crippen molar-refractivity contribution in [3.63, 3.8) is 0 Å². The normalized spacial score (nSPS) is 11.5. The average molecular weight is 382 g/mol. The van der Waals surface area contributed by atoms with Crippen molar-refractivity contribution in [1.29, 1.82) is 0 Å². The molecule has 3 N–H and O–H groups in total. The molecule has 0 saturated carbocycles. The molecule has 0 bridgehead atoms. The number of nitrogen functional groups attached to an aromatic ring is 1. The Morgan fingerprint density at radius 1 is 1.42 bits per heavy atom. The third-order valence-electron chi connectivity index (χ3n) is 2.42. The number of nitrogens with one attached hydrogen (secondary N) is 1. The van der Waals surface area contributed by atoms with E-state index in [1.54, 1.807) is 24.4 Å². The standard InChI is InChI=1S/C11H10BrClN2O2S2/c1-6-4-9(14)8(13)5-10(6)15-19(16,17)11-7(12)2-3-18-11/h2-5,15H,14H2,1H3. The molecule has 0 spiro atoms. The first-order valence-electron chi connectivity index (χ1n) is 5.12. The number of sulfonamides is 1. The summed E-state index contributed by atoms with van der Waals surface area (Å²) in [5, 5.41) is 2.01. The summed E-state index contributed by atoms with van der Waals surface area (Å²) in [6.07, 6.45) is 0. The highest BCUT2D eigenvalue weighted by atomic mass is 79.9. The van der Waals surface area contributed by atoms with Gasteiger partial charge in [0.15, 0.2) is 4.21 Å². The topological polar surface area (TPSA) is 72.2 Å². The monoisotopic (exact) mass is 380 g/mol. The van der Waals surface area contributed by atoms with Gasteiger partial charge in [-0.15, -0.1) is 11.3 Å². The molecule has 1 aromatic heterocycles. The van der Waals surface area contributed by atoms with Crippen molar-refractivity contribution >= 4 is 60.3 Å². The van der Waals surface area contributed by atoms with E-state index in [2.05, 4.69) is 20.7 Å². The molecule has 0 aliphatic carbocycles. The van der Waals surface area contributed by atoms with Crippen LogP contribution in [0.5, 0.6) is 0 Å². The lowest BCUT2D eigenvalue weighted by atomic mass is 10.2. The maximum Gasteiger partial charge on any atom is 0.272 e. The van der Waals surface area contributed by atoms with Gasteiger partial charge < -0.3 is 5.73 Å². The van der Waals surface area contributed by atoms with Crippen LogP contribution in [0.25, 0.3) is 0 Å². The number of rotatable bonds is 3. The fourth-order valence-electron chi connectivity index (χ4n) is 1.48. The second-order valence-corrected chi connectivity index (χ2v) is 7.91. The summed E-state index contributed by atoms with van der Waals surface area (Å²) in [6.45, 7) is 1.76. The molecule has 102 valence electrons. The Morgan fingerprint density at radius 2 is 2.11 bits per heavy atom. The zero-order valence-corrected chi connectivity index (χ0v) is 13.8. The van der Waals surface area contributed by atoms with E-state index in [4.69, 9.17) is 17.3 Å². The SMILES string of the molecule is Cc1cc(N)c(Cl)cc1NS(=O)(=O)c1sccc1Br. The van der Waals surface area contributed by atoms with E-state index in [9.17, 15) is 8.42 Å². The highest BCUT2D eigenvalue weighted by Crippen LogP contribution is 2.32. The molecule has 1 heterocycles. The number of benzene rings is 1. The van der Waals surface area contributed by atoms with Crippen molar-refractivity contribution in [3.05, 3.63) is 38.6 Å². The molecule has 2 rings (SSSR count). The predicted octanol–water partition coefficient (Wildman–Crippen LogP) is 3.86. The summed E-state index contributed by atoms with van der Waals surface area (Å²) in [4.78, 5) is 0. The molecule has 0 aliphatic heterocycles. The van der Waals surface area contributed by atoms with E-state index in [1.165, 1.54) is 6.07 Å². The summed E-state index contributed by atoms with van der Waals surface area (Å²) < 4.78 is 27.7. The number of hydrogen-bond donors (Lipinski definition) is 2. The Morgan fingerprint density at radius 3 is 2.68 bits per heavy atom. The Balaban J connectivity index is 2.42. The molecular formula is C11H10BrClN2O2S2. The van der Waals surface area contributed by atoms with E-state index in [0.29, 0.717) is 26.4 Å². The van der Waals surface area contributed by atoms with Crippen molar-refractivity contribution in [2.45, 2.75) is 11.1 Å².